The van der Waals surface area contributed by atoms with Crippen molar-refractivity contribution in [1.29, 1.82) is 0 Å². The molecule has 0 aromatic heterocycles. The lowest BCUT2D eigenvalue weighted by Gasteiger charge is -2.12. The van der Waals surface area contributed by atoms with Crippen LogP contribution in [-0.4, -0.2) is 31.2 Å². The molecular weight excluding hydrogens is 414 g/mol. The Hall–Kier alpha value is -3.81. The highest BCUT2D eigenvalue weighted by molar-refractivity contribution is 5.89. The molecule has 0 radical (unpaired) electrons. The Morgan fingerprint density at radius 2 is 1.66 bits per heavy atom. The summed E-state index contributed by atoms with van der Waals surface area (Å²) < 4.78 is 22.0. The van der Waals surface area contributed by atoms with Gasteiger partial charge in [-0.25, -0.2) is 4.79 Å². The van der Waals surface area contributed by atoms with Crippen molar-refractivity contribution in [3.8, 4) is 23.0 Å². The number of hydrogen-bond donors (Lipinski definition) is 0. The van der Waals surface area contributed by atoms with E-state index in [4.69, 9.17) is 18.9 Å². The molecule has 0 saturated heterocycles. The summed E-state index contributed by atoms with van der Waals surface area (Å²) >= 11 is 0. The second-order valence-corrected chi connectivity index (χ2v) is 6.61. The molecule has 0 aliphatic carbocycles. The van der Waals surface area contributed by atoms with E-state index in [1.165, 1.54) is 31.4 Å². The van der Waals surface area contributed by atoms with Gasteiger partial charge in [0.2, 0.25) is 6.20 Å². The molecule has 2 aromatic carbocycles. The van der Waals surface area contributed by atoms with Gasteiger partial charge in [-0.3, -0.25) is 10.1 Å². The van der Waals surface area contributed by atoms with E-state index in [9.17, 15) is 14.9 Å². The molecule has 0 aliphatic rings. The zero-order valence-corrected chi connectivity index (χ0v) is 18.4. The molecule has 0 bridgehead atoms. The Morgan fingerprint density at radius 1 is 0.969 bits per heavy atom. The van der Waals surface area contributed by atoms with Gasteiger partial charge in [-0.15, -0.1) is 0 Å². The van der Waals surface area contributed by atoms with Gasteiger partial charge in [0.25, 0.3) is 0 Å². The first-order valence-electron chi connectivity index (χ1n) is 10.3. The van der Waals surface area contributed by atoms with Crippen molar-refractivity contribution in [1.82, 2.24) is 0 Å². The molecule has 0 saturated carbocycles. The number of nitro groups is 1. The van der Waals surface area contributed by atoms with Crippen molar-refractivity contribution in [2.45, 2.75) is 26.7 Å². The smallest absolute Gasteiger partial charge is 0.336 e. The lowest BCUT2D eigenvalue weighted by atomic mass is 10.2. The molecule has 8 heteroatoms. The minimum atomic E-state index is -0.599. The van der Waals surface area contributed by atoms with Crippen LogP contribution in [0.3, 0.4) is 0 Å². The molecule has 32 heavy (non-hydrogen) atoms. The number of esters is 1. The minimum Gasteiger partial charge on any atom is -0.493 e. The Morgan fingerprint density at radius 3 is 2.31 bits per heavy atom. The molecule has 0 unspecified atom stereocenters. The number of methoxy groups -OCH3 is 1. The van der Waals surface area contributed by atoms with Crippen LogP contribution >= 0.6 is 0 Å². The van der Waals surface area contributed by atoms with Crippen LogP contribution < -0.4 is 18.9 Å². The van der Waals surface area contributed by atoms with E-state index < -0.39 is 10.9 Å². The van der Waals surface area contributed by atoms with Crippen molar-refractivity contribution in [3.05, 3.63) is 69.9 Å². The Balaban J connectivity index is 2.09. The van der Waals surface area contributed by atoms with Crippen LogP contribution in [0.25, 0.3) is 12.2 Å². The number of benzene rings is 2. The van der Waals surface area contributed by atoms with E-state index in [2.05, 4.69) is 6.92 Å². The quantitative estimate of drug-likeness (QED) is 0.112. The first kappa shape index (κ1) is 24.5. The average Bonchev–Trinajstić information content (AvgIpc) is 2.78. The van der Waals surface area contributed by atoms with Gasteiger partial charge in [-0.1, -0.05) is 25.5 Å². The van der Waals surface area contributed by atoms with Crippen LogP contribution in [0.4, 0.5) is 0 Å². The predicted octanol–water partition coefficient (Wildman–Crippen LogP) is 5.14. The maximum absolute atomic E-state index is 12.3. The van der Waals surface area contributed by atoms with E-state index >= 15 is 0 Å². The largest absolute Gasteiger partial charge is 0.493 e. The molecule has 0 heterocycles. The normalized spacial score (nSPS) is 11.0. The van der Waals surface area contributed by atoms with Crippen molar-refractivity contribution < 1.29 is 28.7 Å². The molecule has 2 aromatic rings. The second-order valence-electron chi connectivity index (χ2n) is 6.61. The van der Waals surface area contributed by atoms with Crippen LogP contribution in [0, 0.1) is 10.1 Å². The zero-order valence-electron chi connectivity index (χ0n) is 18.4. The zero-order chi connectivity index (χ0) is 23.3. The van der Waals surface area contributed by atoms with Crippen molar-refractivity contribution in [2.24, 2.45) is 0 Å². The molecule has 0 atom stereocenters. The summed E-state index contributed by atoms with van der Waals surface area (Å²) in [5, 5.41) is 10.5. The van der Waals surface area contributed by atoms with Gasteiger partial charge in [0.1, 0.15) is 0 Å². The first-order valence-corrected chi connectivity index (χ1v) is 10.3. The molecule has 0 N–H and O–H groups in total. The summed E-state index contributed by atoms with van der Waals surface area (Å²) in [6.07, 6.45) is 7.04. The van der Waals surface area contributed by atoms with Crippen LogP contribution in [0.5, 0.6) is 23.0 Å². The molecule has 0 aliphatic heterocycles. The lowest BCUT2D eigenvalue weighted by Crippen LogP contribution is -2.05. The highest BCUT2D eigenvalue weighted by atomic mass is 16.6. The van der Waals surface area contributed by atoms with Gasteiger partial charge in [0.15, 0.2) is 23.0 Å². The van der Waals surface area contributed by atoms with E-state index in [0.29, 0.717) is 30.3 Å². The van der Waals surface area contributed by atoms with Gasteiger partial charge < -0.3 is 18.9 Å². The Bertz CT molecular complexity index is 982. The number of nitrogens with zero attached hydrogens (tertiary/aromatic N) is 1. The Labute approximate surface area is 187 Å². The van der Waals surface area contributed by atoms with Gasteiger partial charge >= 0.3 is 5.97 Å². The van der Waals surface area contributed by atoms with Crippen molar-refractivity contribution in [3.63, 3.8) is 0 Å². The van der Waals surface area contributed by atoms with Crippen LogP contribution in [0.1, 0.15) is 37.8 Å². The summed E-state index contributed by atoms with van der Waals surface area (Å²) in [5.41, 5.74) is 1.29. The summed E-state index contributed by atoms with van der Waals surface area (Å²) in [4.78, 5) is 22.2. The van der Waals surface area contributed by atoms with Gasteiger partial charge in [-0.05, 0) is 54.8 Å². The first-order chi connectivity index (χ1) is 15.5. The van der Waals surface area contributed by atoms with E-state index in [0.717, 1.165) is 24.6 Å². The monoisotopic (exact) mass is 441 g/mol. The molecule has 8 nitrogen and oxygen atoms in total. The number of unbranched alkanes of at least 4 members (excludes halogenated alkanes) is 1. The maximum atomic E-state index is 12.3. The second kappa shape index (κ2) is 12.8. The standard InChI is InChI=1S/C24H27NO7/c1-4-6-15-31-20-10-7-18(17-23(20)30-5-2)9-12-24(26)32-21-11-8-19(13-14-25(27)28)16-22(21)29-3/h7-14,16-17H,4-6,15H2,1-3H3/b12-9+,14-13+. The minimum absolute atomic E-state index is 0.204. The third-order valence-corrected chi connectivity index (χ3v) is 4.22. The number of rotatable bonds is 12. The van der Waals surface area contributed by atoms with Crippen LogP contribution in [-0.2, 0) is 4.79 Å². The van der Waals surface area contributed by atoms with Crippen molar-refractivity contribution >= 4 is 18.1 Å². The molecule has 2 rings (SSSR count). The highest BCUT2D eigenvalue weighted by Crippen LogP contribution is 2.30. The predicted molar refractivity (Wildman–Crippen MR) is 122 cm³/mol. The fraction of sp³-hybridized carbons (Fsp3) is 0.292. The van der Waals surface area contributed by atoms with Gasteiger partial charge in [0, 0.05) is 12.2 Å². The van der Waals surface area contributed by atoms with Crippen LogP contribution in [0.15, 0.2) is 48.7 Å². The summed E-state index contributed by atoms with van der Waals surface area (Å²) in [7, 11) is 1.42. The lowest BCUT2D eigenvalue weighted by molar-refractivity contribution is -0.400. The Kier molecular flexibility index (Phi) is 9.77. The molecular formula is C24H27NO7. The number of hydrogen-bond acceptors (Lipinski definition) is 7. The van der Waals surface area contributed by atoms with Crippen LogP contribution in [0.2, 0.25) is 0 Å². The van der Waals surface area contributed by atoms with Gasteiger partial charge in [0.05, 0.1) is 25.2 Å². The van der Waals surface area contributed by atoms with Gasteiger partial charge in [-0.2, -0.15) is 0 Å². The number of carbonyl (C=O) groups is 1. The highest BCUT2D eigenvalue weighted by Gasteiger charge is 2.10. The van der Waals surface area contributed by atoms with E-state index in [-0.39, 0.29) is 11.5 Å². The average molecular weight is 441 g/mol. The summed E-state index contributed by atoms with van der Waals surface area (Å²) in [5.74, 6) is 1.16. The van der Waals surface area contributed by atoms with E-state index in [1.54, 1.807) is 18.2 Å². The van der Waals surface area contributed by atoms with E-state index in [1.807, 2.05) is 19.1 Å². The fourth-order valence-electron chi connectivity index (χ4n) is 2.67. The third kappa shape index (κ3) is 7.79. The number of carbonyl (C=O) groups excluding carboxylic acids is 1. The molecule has 0 fully saturated rings. The maximum Gasteiger partial charge on any atom is 0.336 e. The van der Waals surface area contributed by atoms with Crippen molar-refractivity contribution in [2.75, 3.05) is 20.3 Å². The molecule has 170 valence electrons. The third-order valence-electron chi connectivity index (χ3n) is 4.22. The fourth-order valence-corrected chi connectivity index (χ4v) is 2.67. The summed E-state index contributed by atoms with van der Waals surface area (Å²) in [6, 6.07) is 10.1. The topological polar surface area (TPSA) is 97.1 Å². The summed E-state index contributed by atoms with van der Waals surface area (Å²) in [6.45, 7) is 5.09. The molecule has 0 spiro atoms. The number of ether oxygens (including phenoxy) is 4. The SMILES string of the molecule is CCCCOc1ccc(/C=C/C(=O)Oc2ccc(/C=C/[N+](=O)[O-])cc2OC)cc1OCC. The molecule has 0 amide bonds.